The lowest BCUT2D eigenvalue weighted by Crippen LogP contribution is -2.27. The largest absolute Gasteiger partial charge is 0.489 e. The van der Waals surface area contributed by atoms with Gasteiger partial charge in [-0.3, -0.25) is 4.79 Å². The van der Waals surface area contributed by atoms with E-state index in [0.717, 1.165) is 27.8 Å². The Balaban J connectivity index is 1.15. The van der Waals surface area contributed by atoms with Gasteiger partial charge in [0.05, 0.1) is 19.3 Å². The summed E-state index contributed by atoms with van der Waals surface area (Å²) in [5.41, 5.74) is 5.01. The Hall–Kier alpha value is -4.66. The summed E-state index contributed by atoms with van der Waals surface area (Å²) >= 11 is 0. The van der Waals surface area contributed by atoms with Gasteiger partial charge in [-0.25, -0.2) is 4.79 Å². The molecule has 1 aliphatic heterocycles. The number of nitrogens with one attached hydrogen (secondary N) is 2. The van der Waals surface area contributed by atoms with E-state index < -0.39 is 12.1 Å². The van der Waals surface area contributed by atoms with Crippen molar-refractivity contribution >= 4 is 12.0 Å². The molecule has 8 nitrogen and oxygen atoms in total. The molecule has 1 fully saturated rings. The minimum absolute atomic E-state index is 0.162. The van der Waals surface area contributed by atoms with Crippen LogP contribution in [0.15, 0.2) is 103 Å². The summed E-state index contributed by atoms with van der Waals surface area (Å²) in [6, 6.07) is 31.3. The zero-order valence-corrected chi connectivity index (χ0v) is 21.8. The maximum absolute atomic E-state index is 12.6. The minimum atomic E-state index is -1.10. The van der Waals surface area contributed by atoms with Crippen LogP contribution in [0, 0.1) is 0 Å². The van der Waals surface area contributed by atoms with E-state index in [1.54, 1.807) is 12.1 Å². The van der Waals surface area contributed by atoms with E-state index in [1.807, 2.05) is 91.0 Å². The molecule has 3 N–H and O–H groups in total. The lowest BCUT2D eigenvalue weighted by molar-refractivity contribution is -0.0441. The Bertz CT molecular complexity index is 1420. The molecule has 0 aromatic heterocycles. The first-order valence-corrected chi connectivity index (χ1v) is 13.0. The molecular formula is C32H30N2O6. The quantitative estimate of drug-likeness (QED) is 0.243. The Morgan fingerprint density at radius 2 is 1.50 bits per heavy atom. The number of benzene rings is 4. The van der Waals surface area contributed by atoms with Gasteiger partial charge >= 0.3 is 6.09 Å². The predicted molar refractivity (Wildman–Crippen MR) is 149 cm³/mol. The summed E-state index contributed by atoms with van der Waals surface area (Å²) < 4.78 is 17.0. The first-order chi connectivity index (χ1) is 19.5. The van der Waals surface area contributed by atoms with E-state index in [-0.39, 0.29) is 12.2 Å². The van der Waals surface area contributed by atoms with Crippen LogP contribution in [0.2, 0.25) is 0 Å². The van der Waals surface area contributed by atoms with E-state index in [2.05, 4.69) is 10.6 Å². The average molecular weight is 539 g/mol. The smallest absolute Gasteiger partial charge is 0.405 e. The van der Waals surface area contributed by atoms with E-state index in [4.69, 9.17) is 14.2 Å². The third-order valence-corrected chi connectivity index (χ3v) is 6.54. The van der Waals surface area contributed by atoms with Crippen LogP contribution in [-0.2, 0) is 22.6 Å². The van der Waals surface area contributed by atoms with Crippen LogP contribution >= 0.6 is 0 Å². The van der Waals surface area contributed by atoms with Crippen LogP contribution in [0.1, 0.15) is 50.5 Å². The van der Waals surface area contributed by atoms with Crippen molar-refractivity contribution in [3.63, 3.8) is 0 Å². The van der Waals surface area contributed by atoms with Gasteiger partial charge in [-0.05, 0) is 46.5 Å². The van der Waals surface area contributed by atoms with Crippen molar-refractivity contribution in [3.05, 3.63) is 137 Å². The molecule has 1 aliphatic rings. The summed E-state index contributed by atoms with van der Waals surface area (Å²) in [5, 5.41) is 14.9. The molecule has 40 heavy (non-hydrogen) atoms. The molecule has 0 unspecified atom stereocenters. The Morgan fingerprint density at radius 3 is 2.20 bits per heavy atom. The van der Waals surface area contributed by atoms with Gasteiger partial charge in [0.25, 0.3) is 5.91 Å². The normalized spacial score (nSPS) is 13.9. The minimum Gasteiger partial charge on any atom is -0.489 e. The summed E-state index contributed by atoms with van der Waals surface area (Å²) in [6.07, 6.45) is -1.41. The maximum Gasteiger partial charge on any atom is 0.405 e. The second-order valence-corrected chi connectivity index (χ2v) is 9.35. The van der Waals surface area contributed by atoms with Crippen molar-refractivity contribution in [2.75, 3.05) is 13.2 Å². The third kappa shape index (κ3) is 7.05. The molecule has 204 valence electrons. The number of amides is 2. The van der Waals surface area contributed by atoms with Gasteiger partial charge in [-0.1, -0.05) is 78.9 Å². The fourth-order valence-electron chi connectivity index (χ4n) is 4.46. The first-order valence-electron chi connectivity index (χ1n) is 13.0. The van der Waals surface area contributed by atoms with Crippen LogP contribution in [0.5, 0.6) is 5.75 Å². The van der Waals surface area contributed by atoms with Crippen LogP contribution < -0.4 is 15.4 Å². The molecule has 1 saturated heterocycles. The summed E-state index contributed by atoms with van der Waals surface area (Å²) in [5.74, 6) is 0.453. The number of carbonyl (C=O) groups excluding carboxylic acids is 1. The van der Waals surface area contributed by atoms with E-state index >= 15 is 0 Å². The van der Waals surface area contributed by atoms with Crippen molar-refractivity contribution in [2.45, 2.75) is 25.5 Å². The maximum atomic E-state index is 12.6. The van der Waals surface area contributed by atoms with Crippen molar-refractivity contribution in [2.24, 2.45) is 0 Å². The van der Waals surface area contributed by atoms with Gasteiger partial charge in [-0.2, -0.15) is 0 Å². The standard InChI is InChI=1S/C32H30N2O6/c35-30(33-20-22-9-15-26(16-10-22)31-38-17-18-39-31)25-13-11-23(12-14-25)21-40-28-8-4-7-27(19-28)29(34-32(36)37)24-5-2-1-3-6-24/h1-16,19,29,31,34H,17-18,20-21H2,(H,33,35)(H,36,37)/t29-/m0/s1. The highest BCUT2D eigenvalue weighted by Gasteiger charge is 2.18. The molecule has 0 bridgehead atoms. The van der Waals surface area contributed by atoms with Gasteiger partial charge in [0.15, 0.2) is 6.29 Å². The van der Waals surface area contributed by atoms with E-state index in [0.29, 0.717) is 37.7 Å². The second-order valence-electron chi connectivity index (χ2n) is 9.35. The fourth-order valence-corrected chi connectivity index (χ4v) is 4.46. The van der Waals surface area contributed by atoms with E-state index in [9.17, 15) is 14.7 Å². The Kier molecular flexibility index (Phi) is 8.70. The molecule has 0 spiro atoms. The van der Waals surface area contributed by atoms with Crippen LogP contribution in [0.25, 0.3) is 0 Å². The van der Waals surface area contributed by atoms with Gasteiger partial charge < -0.3 is 30.0 Å². The zero-order valence-electron chi connectivity index (χ0n) is 21.8. The molecule has 1 atom stereocenters. The highest BCUT2D eigenvalue weighted by Crippen LogP contribution is 2.26. The Morgan fingerprint density at radius 1 is 0.825 bits per heavy atom. The highest BCUT2D eigenvalue weighted by molar-refractivity contribution is 5.94. The molecule has 1 heterocycles. The van der Waals surface area contributed by atoms with Crippen molar-refractivity contribution in [1.82, 2.24) is 10.6 Å². The monoisotopic (exact) mass is 538 g/mol. The third-order valence-electron chi connectivity index (χ3n) is 6.54. The van der Waals surface area contributed by atoms with Crippen molar-refractivity contribution < 1.29 is 28.9 Å². The van der Waals surface area contributed by atoms with Crippen LogP contribution in [-0.4, -0.2) is 30.3 Å². The molecule has 0 aliphatic carbocycles. The SMILES string of the molecule is O=C(O)N[C@@H](c1ccccc1)c1cccc(OCc2ccc(C(=O)NCc3ccc(C4OCCO4)cc3)cc2)c1. The fraction of sp³-hybridized carbons (Fsp3) is 0.188. The molecule has 0 saturated carbocycles. The molecule has 8 heteroatoms. The first kappa shape index (κ1) is 26.9. The van der Waals surface area contributed by atoms with Crippen LogP contribution in [0.3, 0.4) is 0 Å². The number of rotatable bonds is 10. The van der Waals surface area contributed by atoms with Crippen molar-refractivity contribution in [1.29, 1.82) is 0 Å². The zero-order chi connectivity index (χ0) is 27.7. The molecular weight excluding hydrogens is 508 g/mol. The number of hydrogen-bond donors (Lipinski definition) is 3. The van der Waals surface area contributed by atoms with Gasteiger partial charge in [0.1, 0.15) is 12.4 Å². The predicted octanol–water partition coefficient (Wildman–Crippen LogP) is 5.60. The molecule has 2 amide bonds. The van der Waals surface area contributed by atoms with Crippen LogP contribution in [0.4, 0.5) is 4.79 Å². The molecule has 4 aromatic rings. The second kappa shape index (κ2) is 12.9. The highest BCUT2D eigenvalue weighted by atomic mass is 16.7. The summed E-state index contributed by atoms with van der Waals surface area (Å²) in [4.78, 5) is 24.1. The lowest BCUT2D eigenvalue weighted by Gasteiger charge is -2.19. The number of carbonyl (C=O) groups is 2. The Labute approximate surface area is 232 Å². The van der Waals surface area contributed by atoms with Gasteiger partial charge in [0.2, 0.25) is 0 Å². The summed E-state index contributed by atoms with van der Waals surface area (Å²) in [7, 11) is 0. The number of carboxylic acid groups (broad SMARTS) is 1. The molecule has 5 rings (SSSR count). The lowest BCUT2D eigenvalue weighted by atomic mass is 9.98. The van der Waals surface area contributed by atoms with Gasteiger partial charge in [-0.15, -0.1) is 0 Å². The van der Waals surface area contributed by atoms with E-state index in [1.165, 1.54) is 0 Å². The molecule has 0 radical (unpaired) electrons. The summed E-state index contributed by atoms with van der Waals surface area (Å²) in [6.45, 7) is 1.91. The number of hydrogen-bond acceptors (Lipinski definition) is 5. The molecule has 4 aromatic carbocycles. The average Bonchev–Trinajstić information content (AvgIpc) is 3.54. The topological polar surface area (TPSA) is 106 Å². The van der Waals surface area contributed by atoms with Gasteiger partial charge in [0, 0.05) is 17.7 Å². The number of ether oxygens (including phenoxy) is 3. The van der Waals surface area contributed by atoms with Crippen molar-refractivity contribution in [3.8, 4) is 5.75 Å².